The van der Waals surface area contributed by atoms with Gasteiger partial charge in [0, 0.05) is 31.9 Å². The van der Waals surface area contributed by atoms with Crippen LogP contribution in [0.25, 0.3) is 11.0 Å². The van der Waals surface area contributed by atoms with E-state index < -0.39 is 6.55 Å². The van der Waals surface area contributed by atoms with Gasteiger partial charge >= 0.3 is 6.55 Å². The molecule has 6 heteroatoms. The zero-order chi connectivity index (χ0) is 18.1. The normalized spacial score (nSPS) is 17.2. The number of alkyl halides is 2. The van der Waals surface area contributed by atoms with Crippen molar-refractivity contribution in [3.63, 3.8) is 0 Å². The third-order valence-corrected chi connectivity index (χ3v) is 5.18. The van der Waals surface area contributed by atoms with Crippen molar-refractivity contribution in [3.8, 4) is 0 Å². The Morgan fingerprint density at radius 2 is 1.54 bits per heavy atom. The Balaban J connectivity index is 1.55. The van der Waals surface area contributed by atoms with Crippen LogP contribution in [-0.2, 0) is 0 Å². The van der Waals surface area contributed by atoms with Gasteiger partial charge in [0.15, 0.2) is 0 Å². The lowest BCUT2D eigenvalue weighted by Crippen LogP contribution is -2.47. The molecule has 1 atom stereocenters. The Hall–Kier alpha value is -2.47. The van der Waals surface area contributed by atoms with Crippen molar-refractivity contribution < 1.29 is 8.78 Å². The van der Waals surface area contributed by atoms with Crippen LogP contribution in [0.4, 0.5) is 14.5 Å². The first kappa shape index (κ1) is 17.0. The summed E-state index contributed by atoms with van der Waals surface area (Å²) in [6.07, 6.45) is 0. The number of benzene rings is 2. The summed E-state index contributed by atoms with van der Waals surface area (Å²) in [5.41, 5.74) is 2.32. The molecule has 0 saturated carbocycles. The highest BCUT2D eigenvalue weighted by Crippen LogP contribution is 2.30. The average molecular weight is 356 g/mol. The van der Waals surface area contributed by atoms with Gasteiger partial charge in [-0.05, 0) is 31.2 Å². The van der Waals surface area contributed by atoms with Crippen LogP contribution in [0, 0.1) is 0 Å². The van der Waals surface area contributed by atoms with E-state index in [1.54, 1.807) is 18.2 Å². The fourth-order valence-corrected chi connectivity index (χ4v) is 3.73. The summed E-state index contributed by atoms with van der Waals surface area (Å²) in [6.45, 7) is 2.78. The molecule has 2 aromatic carbocycles. The van der Waals surface area contributed by atoms with Gasteiger partial charge in [-0.15, -0.1) is 0 Å². The van der Waals surface area contributed by atoms with E-state index in [4.69, 9.17) is 0 Å². The highest BCUT2D eigenvalue weighted by atomic mass is 19.3. The molecule has 4 rings (SSSR count). The first-order valence-electron chi connectivity index (χ1n) is 8.94. The monoisotopic (exact) mass is 356 g/mol. The maximum Gasteiger partial charge on any atom is 0.320 e. The average Bonchev–Trinajstić information content (AvgIpc) is 3.08. The quantitative estimate of drug-likeness (QED) is 0.696. The van der Waals surface area contributed by atoms with Gasteiger partial charge in [0.25, 0.3) is 0 Å². The molecule has 3 aromatic rings. The fourth-order valence-electron chi connectivity index (χ4n) is 3.73. The molecule has 0 amide bonds. The minimum atomic E-state index is -2.59. The molecule has 0 N–H and O–H groups in total. The van der Waals surface area contributed by atoms with Crippen molar-refractivity contribution in [2.45, 2.75) is 19.5 Å². The molecule has 1 aliphatic heterocycles. The summed E-state index contributed by atoms with van der Waals surface area (Å²) in [7, 11) is 0. The van der Waals surface area contributed by atoms with Gasteiger partial charge in [-0.1, -0.05) is 30.3 Å². The highest BCUT2D eigenvalue weighted by molar-refractivity contribution is 5.76. The molecule has 0 aliphatic carbocycles. The standard InChI is InChI=1S/C20H22F2N4/c1-15(19-23-17-9-5-6-10-18(17)26(19)20(21)22)24-11-13-25(14-12-24)16-7-3-2-4-8-16/h2-10,15,20H,11-14H2,1H3. The van der Waals surface area contributed by atoms with E-state index in [-0.39, 0.29) is 6.04 Å². The molecule has 1 saturated heterocycles. The van der Waals surface area contributed by atoms with E-state index in [0.717, 1.165) is 30.7 Å². The van der Waals surface area contributed by atoms with Gasteiger partial charge in [0.05, 0.1) is 17.1 Å². The Labute approximate surface area is 151 Å². The Bertz CT molecular complexity index is 870. The maximum atomic E-state index is 13.7. The molecule has 4 nitrogen and oxygen atoms in total. The van der Waals surface area contributed by atoms with Crippen molar-refractivity contribution in [2.75, 3.05) is 31.1 Å². The number of rotatable bonds is 4. The van der Waals surface area contributed by atoms with Crippen LogP contribution in [0.1, 0.15) is 25.3 Å². The maximum absolute atomic E-state index is 13.7. The number of para-hydroxylation sites is 3. The minimum absolute atomic E-state index is 0.158. The lowest BCUT2D eigenvalue weighted by Gasteiger charge is -2.38. The molecular weight excluding hydrogens is 334 g/mol. The van der Waals surface area contributed by atoms with Gasteiger partial charge in [-0.25, -0.2) is 4.98 Å². The second-order valence-electron chi connectivity index (χ2n) is 6.64. The molecule has 0 spiro atoms. The third-order valence-electron chi connectivity index (χ3n) is 5.18. The fraction of sp³-hybridized carbons (Fsp3) is 0.350. The number of hydrogen-bond donors (Lipinski definition) is 0. The Kier molecular flexibility index (Phi) is 4.59. The summed E-state index contributed by atoms with van der Waals surface area (Å²) in [6, 6.07) is 17.2. The van der Waals surface area contributed by atoms with Crippen LogP contribution in [0.5, 0.6) is 0 Å². The molecule has 0 radical (unpaired) electrons. The van der Waals surface area contributed by atoms with E-state index >= 15 is 0 Å². The summed E-state index contributed by atoms with van der Waals surface area (Å²) in [5.74, 6) is 0.439. The third kappa shape index (κ3) is 3.05. The van der Waals surface area contributed by atoms with Crippen molar-refractivity contribution in [1.29, 1.82) is 0 Å². The summed E-state index contributed by atoms with van der Waals surface area (Å²) in [5, 5.41) is 0. The molecule has 1 aliphatic rings. The molecule has 26 heavy (non-hydrogen) atoms. The van der Waals surface area contributed by atoms with Crippen molar-refractivity contribution >= 4 is 16.7 Å². The Morgan fingerprint density at radius 3 is 2.23 bits per heavy atom. The topological polar surface area (TPSA) is 24.3 Å². The summed E-state index contributed by atoms with van der Waals surface area (Å²) < 4.78 is 28.5. The molecule has 1 fully saturated rings. The zero-order valence-electron chi connectivity index (χ0n) is 14.7. The van der Waals surface area contributed by atoms with E-state index in [9.17, 15) is 8.78 Å². The van der Waals surface area contributed by atoms with Crippen molar-refractivity contribution in [3.05, 3.63) is 60.4 Å². The molecule has 2 heterocycles. The second-order valence-corrected chi connectivity index (χ2v) is 6.64. The number of aromatic nitrogens is 2. The SMILES string of the molecule is CC(c1nc2ccccc2n1C(F)F)N1CCN(c2ccccc2)CC1. The van der Waals surface area contributed by atoms with Crippen LogP contribution in [0.3, 0.4) is 0 Å². The van der Waals surface area contributed by atoms with Crippen LogP contribution >= 0.6 is 0 Å². The summed E-state index contributed by atoms with van der Waals surface area (Å²) in [4.78, 5) is 9.08. The van der Waals surface area contributed by atoms with E-state index in [0.29, 0.717) is 16.9 Å². The molecular formula is C20H22F2N4. The highest BCUT2D eigenvalue weighted by Gasteiger charge is 2.28. The number of halogens is 2. The first-order chi connectivity index (χ1) is 12.6. The number of anilines is 1. The van der Waals surface area contributed by atoms with Gasteiger partial charge in [-0.2, -0.15) is 8.78 Å². The van der Waals surface area contributed by atoms with Crippen molar-refractivity contribution in [2.24, 2.45) is 0 Å². The van der Waals surface area contributed by atoms with Crippen LogP contribution in [0.15, 0.2) is 54.6 Å². The van der Waals surface area contributed by atoms with E-state index in [1.807, 2.05) is 31.2 Å². The Morgan fingerprint density at radius 1 is 0.885 bits per heavy atom. The number of fused-ring (bicyclic) bond motifs is 1. The number of nitrogens with zero attached hydrogens (tertiary/aromatic N) is 4. The second kappa shape index (κ2) is 7.03. The minimum Gasteiger partial charge on any atom is -0.369 e. The number of hydrogen-bond acceptors (Lipinski definition) is 3. The van der Waals surface area contributed by atoms with Crippen molar-refractivity contribution in [1.82, 2.24) is 14.5 Å². The van der Waals surface area contributed by atoms with E-state index in [2.05, 4.69) is 26.9 Å². The largest absolute Gasteiger partial charge is 0.369 e. The van der Waals surface area contributed by atoms with Crippen LogP contribution in [0.2, 0.25) is 0 Å². The predicted molar refractivity (Wildman–Crippen MR) is 99.6 cm³/mol. The zero-order valence-corrected chi connectivity index (χ0v) is 14.7. The molecule has 1 aromatic heterocycles. The van der Waals surface area contributed by atoms with Gasteiger partial charge in [0.2, 0.25) is 0 Å². The number of imidazole rings is 1. The van der Waals surface area contributed by atoms with E-state index in [1.165, 1.54) is 5.69 Å². The smallest absolute Gasteiger partial charge is 0.320 e. The van der Waals surface area contributed by atoms with Crippen LogP contribution in [-0.4, -0.2) is 40.6 Å². The predicted octanol–water partition coefficient (Wildman–Crippen LogP) is 4.31. The summed E-state index contributed by atoms with van der Waals surface area (Å²) >= 11 is 0. The van der Waals surface area contributed by atoms with Gasteiger partial charge in [0.1, 0.15) is 5.82 Å². The number of piperazine rings is 1. The van der Waals surface area contributed by atoms with Gasteiger partial charge in [-0.3, -0.25) is 9.47 Å². The molecule has 1 unspecified atom stereocenters. The van der Waals surface area contributed by atoms with Gasteiger partial charge < -0.3 is 4.90 Å². The lowest BCUT2D eigenvalue weighted by molar-refractivity contribution is 0.0641. The first-order valence-corrected chi connectivity index (χ1v) is 8.94. The van der Waals surface area contributed by atoms with Crippen LogP contribution < -0.4 is 4.90 Å². The lowest BCUT2D eigenvalue weighted by atomic mass is 10.2. The molecule has 0 bridgehead atoms. The molecule has 136 valence electrons.